The molecule has 0 aromatic heterocycles. The summed E-state index contributed by atoms with van der Waals surface area (Å²) >= 11 is 15.0. The zero-order valence-corrected chi connectivity index (χ0v) is 28.7. The number of halogens is 2. The second kappa shape index (κ2) is 14.2. The van der Waals surface area contributed by atoms with Gasteiger partial charge in [-0.05, 0) is 102 Å². The second-order valence-corrected chi connectivity index (χ2v) is 13.7. The molecule has 1 aliphatic heterocycles. The minimum Gasteiger partial charge on any atom is -0.325 e. The molecule has 1 heterocycles. The number of aliphatic imine (C=N–C) groups is 1. The van der Waals surface area contributed by atoms with Gasteiger partial charge in [-0.1, -0.05) is 71.7 Å². The standard InChI is InChI=1S/C36H26Cl2N4O4S2/c1-21-7-11-27(18-29(21)37)40-36-41(28-13-8-22(2)30(38)19-28)35(44)33(48-36)16-23-9-14-32(31(15-23)42(45)46)47-20-34(43)39-26-12-10-24-5-3-4-6-25(24)17-26/h3-19H,20H2,1-2H3,(H,39,43)/b33-16-,40-36?. The van der Waals surface area contributed by atoms with Crippen LogP contribution in [0.2, 0.25) is 10.0 Å². The van der Waals surface area contributed by atoms with E-state index in [0.717, 1.165) is 45.4 Å². The van der Waals surface area contributed by atoms with Crippen molar-refractivity contribution in [2.24, 2.45) is 4.99 Å². The number of aryl methyl sites for hydroxylation is 2. The number of fused-ring (bicyclic) bond motifs is 1. The van der Waals surface area contributed by atoms with E-state index in [1.165, 1.54) is 11.0 Å². The van der Waals surface area contributed by atoms with Crippen LogP contribution in [0.1, 0.15) is 16.7 Å². The van der Waals surface area contributed by atoms with E-state index in [1.807, 2.05) is 74.5 Å². The molecule has 2 amide bonds. The number of amides is 2. The van der Waals surface area contributed by atoms with Crippen LogP contribution in [0, 0.1) is 24.0 Å². The van der Waals surface area contributed by atoms with Crippen LogP contribution in [0.25, 0.3) is 16.8 Å². The fourth-order valence-corrected chi connectivity index (χ4v) is 7.06. The van der Waals surface area contributed by atoms with Crippen molar-refractivity contribution in [3.05, 3.63) is 139 Å². The maximum absolute atomic E-state index is 13.8. The van der Waals surface area contributed by atoms with E-state index >= 15 is 0 Å². The molecule has 1 N–H and O–H groups in total. The lowest BCUT2D eigenvalue weighted by molar-refractivity contribution is -0.387. The summed E-state index contributed by atoms with van der Waals surface area (Å²) in [6.07, 6.45) is 1.59. The third-order valence-corrected chi connectivity index (χ3v) is 10.3. The van der Waals surface area contributed by atoms with E-state index in [0.29, 0.717) is 47.6 Å². The van der Waals surface area contributed by atoms with Gasteiger partial charge in [0.2, 0.25) is 5.91 Å². The van der Waals surface area contributed by atoms with Crippen molar-refractivity contribution in [2.45, 2.75) is 18.7 Å². The quantitative estimate of drug-likeness (QED) is 0.0743. The van der Waals surface area contributed by atoms with Crippen LogP contribution in [-0.2, 0) is 9.59 Å². The summed E-state index contributed by atoms with van der Waals surface area (Å²) in [5.74, 6) is -0.677. The molecular formula is C36H26Cl2N4O4S2. The van der Waals surface area contributed by atoms with Crippen molar-refractivity contribution in [1.29, 1.82) is 0 Å². The number of anilines is 2. The number of nitrogens with zero attached hydrogens (tertiary/aromatic N) is 3. The highest BCUT2D eigenvalue weighted by Crippen LogP contribution is 2.40. The molecule has 1 aliphatic rings. The van der Waals surface area contributed by atoms with Gasteiger partial charge in [0.05, 0.1) is 31.9 Å². The Morgan fingerprint density at radius 1 is 0.938 bits per heavy atom. The maximum atomic E-state index is 13.8. The van der Waals surface area contributed by atoms with Gasteiger partial charge in [-0.3, -0.25) is 24.6 Å². The molecule has 0 atom stereocenters. The van der Waals surface area contributed by atoms with Gasteiger partial charge in [-0.15, -0.1) is 11.8 Å². The Hall–Kier alpha value is -4.61. The van der Waals surface area contributed by atoms with Gasteiger partial charge in [-0.2, -0.15) is 0 Å². The maximum Gasteiger partial charge on any atom is 0.283 e. The van der Waals surface area contributed by atoms with Crippen LogP contribution in [0.3, 0.4) is 0 Å². The Morgan fingerprint density at radius 2 is 1.67 bits per heavy atom. The lowest BCUT2D eigenvalue weighted by Crippen LogP contribution is -2.28. The molecule has 12 heteroatoms. The van der Waals surface area contributed by atoms with Crippen molar-refractivity contribution in [3.63, 3.8) is 0 Å². The predicted octanol–water partition coefficient (Wildman–Crippen LogP) is 10.2. The summed E-state index contributed by atoms with van der Waals surface area (Å²) in [5.41, 5.74) is 3.76. The summed E-state index contributed by atoms with van der Waals surface area (Å²) < 4.78 is 0. The highest BCUT2D eigenvalue weighted by Gasteiger charge is 2.35. The van der Waals surface area contributed by atoms with Crippen molar-refractivity contribution >= 4 is 103 Å². The zero-order valence-electron chi connectivity index (χ0n) is 25.6. The van der Waals surface area contributed by atoms with E-state index in [2.05, 4.69) is 5.32 Å². The normalized spacial score (nSPS) is 14.7. The van der Waals surface area contributed by atoms with Gasteiger partial charge < -0.3 is 5.32 Å². The number of rotatable bonds is 8. The molecular weight excluding hydrogens is 687 g/mol. The zero-order chi connectivity index (χ0) is 33.9. The SMILES string of the molecule is Cc1ccc(N=C2S/C(=C\c3ccc(SCC(=O)Nc4ccc5ccccc5c4)c([N+](=O)[O-])c3)C(=O)N2c2ccc(C)c(Cl)c2)cc1Cl. The van der Waals surface area contributed by atoms with Crippen molar-refractivity contribution < 1.29 is 14.5 Å². The molecule has 8 nitrogen and oxygen atoms in total. The van der Waals surface area contributed by atoms with Crippen molar-refractivity contribution in [1.82, 2.24) is 0 Å². The summed E-state index contributed by atoms with van der Waals surface area (Å²) in [6.45, 7) is 3.76. The summed E-state index contributed by atoms with van der Waals surface area (Å²) in [5, 5.41) is 18.4. The summed E-state index contributed by atoms with van der Waals surface area (Å²) in [6, 6.07) is 28.8. The Kier molecular flexibility index (Phi) is 9.88. The number of benzene rings is 5. The van der Waals surface area contributed by atoms with Gasteiger partial charge >= 0.3 is 0 Å². The lowest BCUT2D eigenvalue weighted by Gasteiger charge is -2.16. The summed E-state index contributed by atoms with van der Waals surface area (Å²) in [7, 11) is 0. The first-order valence-corrected chi connectivity index (χ1v) is 17.2. The molecule has 5 aromatic rings. The topological polar surface area (TPSA) is 105 Å². The average Bonchev–Trinajstić information content (AvgIpc) is 3.36. The summed E-state index contributed by atoms with van der Waals surface area (Å²) in [4.78, 5) is 45.0. The molecule has 0 aliphatic carbocycles. The average molecular weight is 714 g/mol. The third-order valence-electron chi connectivity index (χ3n) is 7.47. The molecule has 0 radical (unpaired) electrons. The van der Waals surface area contributed by atoms with Crippen molar-refractivity contribution in [2.75, 3.05) is 16.0 Å². The highest BCUT2D eigenvalue weighted by molar-refractivity contribution is 8.19. The van der Waals surface area contributed by atoms with Crippen LogP contribution in [0.4, 0.5) is 22.7 Å². The molecule has 0 saturated carbocycles. The fraction of sp³-hybridized carbons (Fsp3) is 0.0833. The van der Waals surface area contributed by atoms with Gasteiger partial charge in [0, 0.05) is 21.8 Å². The number of hydrogen-bond acceptors (Lipinski definition) is 7. The fourth-order valence-electron chi connectivity index (χ4n) is 4.91. The second-order valence-electron chi connectivity index (χ2n) is 10.9. The van der Waals surface area contributed by atoms with Crippen LogP contribution in [0.5, 0.6) is 0 Å². The monoisotopic (exact) mass is 712 g/mol. The highest BCUT2D eigenvalue weighted by atomic mass is 35.5. The Bertz CT molecular complexity index is 2190. The molecule has 1 fully saturated rings. The van der Waals surface area contributed by atoms with E-state index in [4.69, 9.17) is 28.2 Å². The Balaban J connectivity index is 1.24. The van der Waals surface area contributed by atoms with Gasteiger partial charge in [0.1, 0.15) is 0 Å². The van der Waals surface area contributed by atoms with E-state index in [1.54, 1.807) is 36.4 Å². The minimum absolute atomic E-state index is 0.0284. The predicted molar refractivity (Wildman–Crippen MR) is 199 cm³/mol. The molecule has 48 heavy (non-hydrogen) atoms. The number of nitro groups is 1. The van der Waals surface area contributed by atoms with Crippen LogP contribution in [-0.4, -0.2) is 27.7 Å². The molecule has 5 aromatic carbocycles. The molecule has 0 spiro atoms. The first kappa shape index (κ1) is 33.3. The number of hydrogen-bond donors (Lipinski definition) is 1. The van der Waals surface area contributed by atoms with Gasteiger partial charge in [0.25, 0.3) is 11.6 Å². The first-order valence-electron chi connectivity index (χ1n) is 14.6. The number of nitrogens with one attached hydrogen (secondary N) is 1. The Labute approximate surface area is 295 Å². The third kappa shape index (κ3) is 7.42. The largest absolute Gasteiger partial charge is 0.325 e. The number of amidine groups is 1. The van der Waals surface area contributed by atoms with Crippen molar-refractivity contribution in [3.8, 4) is 0 Å². The van der Waals surface area contributed by atoms with Crippen LogP contribution < -0.4 is 10.2 Å². The van der Waals surface area contributed by atoms with E-state index in [9.17, 15) is 19.7 Å². The molecule has 1 saturated heterocycles. The van der Waals surface area contributed by atoms with Crippen LogP contribution in [0.15, 0.2) is 112 Å². The van der Waals surface area contributed by atoms with Crippen LogP contribution >= 0.6 is 46.7 Å². The molecule has 240 valence electrons. The van der Waals surface area contributed by atoms with E-state index in [-0.39, 0.29) is 23.3 Å². The van der Waals surface area contributed by atoms with E-state index < -0.39 is 4.92 Å². The number of carbonyl (C=O) groups excluding carboxylic acids is 2. The smallest absolute Gasteiger partial charge is 0.283 e. The number of carbonyl (C=O) groups is 2. The molecule has 6 rings (SSSR count). The Morgan fingerprint density at radius 3 is 2.40 bits per heavy atom. The van der Waals surface area contributed by atoms with Gasteiger partial charge in [-0.25, -0.2) is 4.99 Å². The first-order chi connectivity index (χ1) is 23.0. The van der Waals surface area contributed by atoms with Gasteiger partial charge in [0.15, 0.2) is 5.17 Å². The lowest BCUT2D eigenvalue weighted by atomic mass is 10.1. The minimum atomic E-state index is -0.496. The molecule has 0 bridgehead atoms. The molecule has 0 unspecified atom stereocenters. The number of thioether (sulfide) groups is 2. The number of nitro benzene ring substituents is 1.